The molecule has 0 atom stereocenters. The molecule has 0 N–H and O–H groups in total. The molecule has 0 saturated carbocycles. The van der Waals surface area contributed by atoms with Gasteiger partial charge in [0.05, 0.1) is 0 Å². The van der Waals surface area contributed by atoms with E-state index in [0.29, 0.717) is 0 Å². The van der Waals surface area contributed by atoms with Crippen molar-refractivity contribution in [1.82, 2.24) is 0 Å². The standard InChI is InChI=1S/C18H22N2/c1-17(2,15-11-7-5-8-12-15)19-20-18(3,4)16-13-9-6-10-14-16/h5-14H,1-4H3. The van der Waals surface area contributed by atoms with Crippen LogP contribution in [0.3, 0.4) is 0 Å². The van der Waals surface area contributed by atoms with E-state index < -0.39 is 0 Å². The molecule has 0 heterocycles. The third-order valence-corrected chi connectivity index (χ3v) is 3.51. The van der Waals surface area contributed by atoms with Gasteiger partial charge in [0.1, 0.15) is 11.1 Å². The summed E-state index contributed by atoms with van der Waals surface area (Å²) in [5, 5.41) is 9.20. The van der Waals surface area contributed by atoms with E-state index in [4.69, 9.17) is 0 Å². The summed E-state index contributed by atoms with van der Waals surface area (Å²) in [7, 11) is 0. The molecule has 0 radical (unpaired) electrons. The minimum absolute atomic E-state index is 0.312. The summed E-state index contributed by atoms with van der Waals surface area (Å²) in [5.41, 5.74) is 1.72. The Morgan fingerprint density at radius 3 is 1.15 bits per heavy atom. The molecule has 0 aliphatic heterocycles. The van der Waals surface area contributed by atoms with Crippen LogP contribution < -0.4 is 0 Å². The highest BCUT2D eigenvalue weighted by Crippen LogP contribution is 2.30. The normalized spacial score (nSPS) is 12.8. The summed E-state index contributed by atoms with van der Waals surface area (Å²) >= 11 is 0. The van der Waals surface area contributed by atoms with Gasteiger partial charge in [-0.2, -0.15) is 10.2 Å². The summed E-state index contributed by atoms with van der Waals surface area (Å²) in [6, 6.07) is 20.6. The van der Waals surface area contributed by atoms with Gasteiger partial charge in [0.2, 0.25) is 0 Å². The van der Waals surface area contributed by atoms with Crippen LogP contribution in [0.5, 0.6) is 0 Å². The van der Waals surface area contributed by atoms with Crippen LogP contribution in [0.4, 0.5) is 0 Å². The van der Waals surface area contributed by atoms with Crippen LogP contribution in [0.25, 0.3) is 0 Å². The Morgan fingerprint density at radius 1 is 0.550 bits per heavy atom. The van der Waals surface area contributed by atoms with Crippen molar-refractivity contribution in [3.63, 3.8) is 0 Å². The molecule has 0 unspecified atom stereocenters. The van der Waals surface area contributed by atoms with E-state index in [0.717, 1.165) is 0 Å². The third-order valence-electron chi connectivity index (χ3n) is 3.51. The van der Waals surface area contributed by atoms with Gasteiger partial charge in [-0.25, -0.2) is 0 Å². The Kier molecular flexibility index (Phi) is 4.03. The van der Waals surface area contributed by atoms with E-state index >= 15 is 0 Å². The lowest BCUT2D eigenvalue weighted by molar-refractivity contribution is 0.439. The van der Waals surface area contributed by atoms with Crippen molar-refractivity contribution in [3.05, 3.63) is 71.8 Å². The van der Waals surface area contributed by atoms with Gasteiger partial charge < -0.3 is 0 Å². The van der Waals surface area contributed by atoms with Gasteiger partial charge in [0.15, 0.2) is 0 Å². The first-order valence-corrected chi connectivity index (χ1v) is 6.97. The van der Waals surface area contributed by atoms with Gasteiger partial charge >= 0.3 is 0 Å². The monoisotopic (exact) mass is 266 g/mol. The van der Waals surface area contributed by atoms with E-state index in [1.165, 1.54) is 11.1 Å². The average Bonchev–Trinajstić information content (AvgIpc) is 2.47. The van der Waals surface area contributed by atoms with Crippen molar-refractivity contribution < 1.29 is 0 Å². The molecule has 0 amide bonds. The molecule has 0 saturated heterocycles. The smallest absolute Gasteiger partial charge is 0.101 e. The Morgan fingerprint density at radius 2 is 0.850 bits per heavy atom. The molecule has 0 bridgehead atoms. The fraction of sp³-hybridized carbons (Fsp3) is 0.333. The quantitative estimate of drug-likeness (QED) is 0.670. The first-order valence-electron chi connectivity index (χ1n) is 6.97. The Balaban J connectivity index is 2.24. The van der Waals surface area contributed by atoms with Crippen molar-refractivity contribution >= 4 is 0 Å². The molecule has 2 nitrogen and oxygen atoms in total. The predicted molar refractivity (Wildman–Crippen MR) is 83.8 cm³/mol. The van der Waals surface area contributed by atoms with Crippen LogP contribution in [-0.2, 0) is 11.1 Å². The fourth-order valence-corrected chi connectivity index (χ4v) is 2.06. The molecule has 0 aliphatic carbocycles. The number of rotatable bonds is 4. The zero-order chi connectivity index (χ0) is 14.6. The first-order chi connectivity index (χ1) is 9.42. The Labute approximate surface area is 121 Å². The molecule has 2 aromatic rings. The molecule has 0 fully saturated rings. The lowest BCUT2D eigenvalue weighted by Gasteiger charge is -2.23. The number of azo groups is 1. The summed E-state index contributed by atoms with van der Waals surface area (Å²) in [6.07, 6.45) is 0. The van der Waals surface area contributed by atoms with Crippen molar-refractivity contribution in [2.24, 2.45) is 10.2 Å². The molecule has 104 valence electrons. The minimum Gasteiger partial charge on any atom is -0.182 e. The topological polar surface area (TPSA) is 24.7 Å². The second-order valence-corrected chi connectivity index (χ2v) is 6.05. The second kappa shape index (κ2) is 5.58. The van der Waals surface area contributed by atoms with Gasteiger partial charge in [-0.05, 0) is 38.8 Å². The molecule has 2 rings (SSSR count). The second-order valence-electron chi connectivity index (χ2n) is 6.05. The van der Waals surface area contributed by atoms with Crippen LogP contribution in [0, 0.1) is 0 Å². The molecule has 20 heavy (non-hydrogen) atoms. The zero-order valence-electron chi connectivity index (χ0n) is 12.7. The zero-order valence-corrected chi connectivity index (χ0v) is 12.7. The van der Waals surface area contributed by atoms with Crippen LogP contribution in [0.15, 0.2) is 70.9 Å². The highest BCUT2D eigenvalue weighted by molar-refractivity contribution is 5.24. The SMILES string of the molecule is CC(C)(N=NC(C)(C)c1ccccc1)c1ccccc1. The van der Waals surface area contributed by atoms with E-state index in [9.17, 15) is 0 Å². The maximum atomic E-state index is 4.60. The summed E-state index contributed by atoms with van der Waals surface area (Å²) in [4.78, 5) is 0. The third kappa shape index (κ3) is 3.32. The summed E-state index contributed by atoms with van der Waals surface area (Å²) in [6.45, 7) is 8.36. The number of benzene rings is 2. The lowest BCUT2D eigenvalue weighted by Crippen LogP contribution is -2.18. The van der Waals surface area contributed by atoms with Crippen LogP contribution in [0.2, 0.25) is 0 Å². The fourth-order valence-electron chi connectivity index (χ4n) is 2.06. The van der Waals surface area contributed by atoms with Gasteiger partial charge in [0, 0.05) is 0 Å². The number of hydrogen-bond donors (Lipinski definition) is 0. The van der Waals surface area contributed by atoms with Gasteiger partial charge in [-0.3, -0.25) is 0 Å². The number of hydrogen-bond acceptors (Lipinski definition) is 2. The van der Waals surface area contributed by atoms with Gasteiger partial charge in [-0.1, -0.05) is 60.7 Å². The van der Waals surface area contributed by atoms with Crippen molar-refractivity contribution in [2.45, 2.75) is 38.8 Å². The lowest BCUT2D eigenvalue weighted by atomic mass is 9.94. The van der Waals surface area contributed by atoms with Crippen molar-refractivity contribution in [2.75, 3.05) is 0 Å². The minimum atomic E-state index is -0.312. The van der Waals surface area contributed by atoms with Crippen LogP contribution in [-0.4, -0.2) is 0 Å². The Bertz CT molecular complexity index is 515. The highest BCUT2D eigenvalue weighted by Gasteiger charge is 2.24. The van der Waals surface area contributed by atoms with Crippen molar-refractivity contribution in [1.29, 1.82) is 0 Å². The molecular formula is C18H22N2. The number of nitrogens with zero attached hydrogens (tertiary/aromatic N) is 2. The van der Waals surface area contributed by atoms with Gasteiger partial charge in [0.25, 0.3) is 0 Å². The summed E-state index contributed by atoms with van der Waals surface area (Å²) in [5.74, 6) is 0. The molecule has 2 heteroatoms. The molecule has 0 aromatic heterocycles. The molecule has 0 spiro atoms. The maximum Gasteiger partial charge on any atom is 0.101 e. The predicted octanol–water partition coefficient (Wildman–Crippen LogP) is 5.31. The molecular weight excluding hydrogens is 244 g/mol. The van der Waals surface area contributed by atoms with Crippen LogP contribution in [0.1, 0.15) is 38.8 Å². The highest BCUT2D eigenvalue weighted by atomic mass is 15.2. The largest absolute Gasteiger partial charge is 0.182 e. The average molecular weight is 266 g/mol. The van der Waals surface area contributed by atoms with Gasteiger partial charge in [-0.15, -0.1) is 0 Å². The Hall–Kier alpha value is -1.96. The summed E-state index contributed by atoms with van der Waals surface area (Å²) < 4.78 is 0. The van der Waals surface area contributed by atoms with Crippen molar-refractivity contribution in [3.8, 4) is 0 Å². The maximum absolute atomic E-state index is 4.60. The molecule has 2 aromatic carbocycles. The molecule has 0 aliphatic rings. The van der Waals surface area contributed by atoms with Crippen LogP contribution >= 0.6 is 0 Å². The van der Waals surface area contributed by atoms with E-state index in [1.54, 1.807) is 0 Å². The van der Waals surface area contributed by atoms with E-state index in [-0.39, 0.29) is 11.1 Å². The van der Waals surface area contributed by atoms with E-state index in [1.807, 2.05) is 36.4 Å². The van der Waals surface area contributed by atoms with E-state index in [2.05, 4.69) is 62.2 Å². The first kappa shape index (κ1) is 14.4.